The van der Waals surface area contributed by atoms with Crippen molar-refractivity contribution < 1.29 is 9.59 Å². The zero-order valence-corrected chi connectivity index (χ0v) is 12.5. The Labute approximate surface area is 120 Å². The highest BCUT2D eigenvalue weighted by molar-refractivity contribution is 5.90. The minimum Gasteiger partial charge on any atom is -0.399 e. The summed E-state index contributed by atoms with van der Waals surface area (Å²) in [5.41, 5.74) is 7.17. The molecular weight excluding hydrogens is 254 g/mol. The summed E-state index contributed by atoms with van der Waals surface area (Å²) in [5, 5.41) is 2.74. The average Bonchev–Trinajstić information content (AvgIpc) is 2.44. The SMILES string of the molecule is CCN(C)C(=O)C(C)NC(=O)C(C)c1cccc(N)c1. The highest BCUT2D eigenvalue weighted by Crippen LogP contribution is 2.18. The molecule has 0 saturated carbocycles. The number of nitrogens with zero attached hydrogens (tertiary/aromatic N) is 1. The van der Waals surface area contributed by atoms with Gasteiger partial charge >= 0.3 is 0 Å². The zero-order chi connectivity index (χ0) is 15.3. The summed E-state index contributed by atoms with van der Waals surface area (Å²) < 4.78 is 0. The Bertz CT molecular complexity index is 488. The van der Waals surface area contributed by atoms with Crippen LogP contribution in [0.2, 0.25) is 0 Å². The third kappa shape index (κ3) is 3.98. The predicted molar refractivity (Wildman–Crippen MR) is 80.2 cm³/mol. The lowest BCUT2D eigenvalue weighted by molar-refractivity contribution is -0.135. The Kier molecular flexibility index (Phi) is 5.55. The molecule has 0 bridgehead atoms. The Morgan fingerprint density at radius 3 is 2.55 bits per heavy atom. The normalized spacial score (nSPS) is 13.4. The second-order valence-electron chi connectivity index (χ2n) is 4.97. The number of rotatable bonds is 5. The van der Waals surface area contributed by atoms with Gasteiger partial charge in [0.05, 0.1) is 5.92 Å². The molecule has 110 valence electrons. The monoisotopic (exact) mass is 277 g/mol. The van der Waals surface area contributed by atoms with Crippen LogP contribution >= 0.6 is 0 Å². The number of benzene rings is 1. The van der Waals surface area contributed by atoms with Crippen molar-refractivity contribution in [3.63, 3.8) is 0 Å². The van der Waals surface area contributed by atoms with Crippen LogP contribution in [-0.2, 0) is 9.59 Å². The van der Waals surface area contributed by atoms with Crippen LogP contribution in [-0.4, -0.2) is 36.3 Å². The first-order chi connectivity index (χ1) is 9.36. The van der Waals surface area contributed by atoms with Crippen LogP contribution in [0.3, 0.4) is 0 Å². The molecule has 5 nitrogen and oxygen atoms in total. The van der Waals surface area contributed by atoms with Gasteiger partial charge in [0, 0.05) is 19.3 Å². The van der Waals surface area contributed by atoms with Crippen molar-refractivity contribution in [1.29, 1.82) is 0 Å². The molecule has 0 saturated heterocycles. The number of hydrogen-bond donors (Lipinski definition) is 2. The van der Waals surface area contributed by atoms with E-state index in [0.717, 1.165) is 5.56 Å². The smallest absolute Gasteiger partial charge is 0.244 e. The molecule has 2 amide bonds. The molecule has 0 aromatic heterocycles. The number of nitrogens with two attached hydrogens (primary N) is 1. The third-order valence-corrected chi connectivity index (χ3v) is 3.38. The van der Waals surface area contributed by atoms with Gasteiger partial charge in [0.2, 0.25) is 11.8 Å². The van der Waals surface area contributed by atoms with E-state index >= 15 is 0 Å². The van der Waals surface area contributed by atoms with Gasteiger partial charge in [-0.25, -0.2) is 0 Å². The Morgan fingerprint density at radius 2 is 2.00 bits per heavy atom. The number of likely N-dealkylation sites (N-methyl/N-ethyl adjacent to an activating group) is 1. The first kappa shape index (κ1) is 16.0. The van der Waals surface area contributed by atoms with Gasteiger partial charge in [-0.2, -0.15) is 0 Å². The number of carbonyl (C=O) groups excluding carboxylic acids is 2. The highest BCUT2D eigenvalue weighted by atomic mass is 16.2. The van der Waals surface area contributed by atoms with Crippen LogP contribution in [0, 0.1) is 0 Å². The van der Waals surface area contributed by atoms with E-state index in [1.807, 2.05) is 19.1 Å². The van der Waals surface area contributed by atoms with E-state index < -0.39 is 6.04 Å². The molecule has 0 heterocycles. The van der Waals surface area contributed by atoms with E-state index in [-0.39, 0.29) is 17.7 Å². The van der Waals surface area contributed by atoms with Crippen LogP contribution in [0.15, 0.2) is 24.3 Å². The molecule has 0 aliphatic rings. The Balaban J connectivity index is 2.69. The maximum Gasteiger partial charge on any atom is 0.244 e. The molecule has 0 aliphatic carbocycles. The van der Waals surface area contributed by atoms with Gasteiger partial charge in [0.1, 0.15) is 6.04 Å². The van der Waals surface area contributed by atoms with Crippen molar-refractivity contribution in [1.82, 2.24) is 10.2 Å². The molecule has 2 atom stereocenters. The van der Waals surface area contributed by atoms with E-state index in [4.69, 9.17) is 5.73 Å². The topological polar surface area (TPSA) is 75.4 Å². The molecular formula is C15H23N3O2. The molecule has 1 aromatic rings. The molecule has 1 aromatic carbocycles. The summed E-state index contributed by atoms with van der Waals surface area (Å²) in [6.07, 6.45) is 0. The van der Waals surface area contributed by atoms with Crippen molar-refractivity contribution >= 4 is 17.5 Å². The molecule has 5 heteroatoms. The van der Waals surface area contributed by atoms with Crippen LogP contribution in [0.1, 0.15) is 32.3 Å². The maximum absolute atomic E-state index is 12.2. The third-order valence-electron chi connectivity index (χ3n) is 3.38. The van der Waals surface area contributed by atoms with Crippen LogP contribution in [0.5, 0.6) is 0 Å². The average molecular weight is 277 g/mol. The summed E-state index contributed by atoms with van der Waals surface area (Å²) in [4.78, 5) is 25.7. The predicted octanol–water partition coefficient (Wildman–Crippen LogP) is 1.36. The lowest BCUT2D eigenvalue weighted by atomic mass is 9.99. The first-order valence-electron chi connectivity index (χ1n) is 6.77. The summed E-state index contributed by atoms with van der Waals surface area (Å²) in [6.45, 7) is 5.99. The van der Waals surface area contributed by atoms with Gasteiger partial charge in [-0.15, -0.1) is 0 Å². The fourth-order valence-electron chi connectivity index (χ4n) is 1.87. The van der Waals surface area contributed by atoms with Crippen LogP contribution in [0.25, 0.3) is 0 Å². The molecule has 0 aliphatic heterocycles. The van der Waals surface area contributed by atoms with Gasteiger partial charge in [-0.05, 0) is 38.5 Å². The maximum atomic E-state index is 12.2. The van der Waals surface area contributed by atoms with Crippen molar-refractivity contribution in [2.45, 2.75) is 32.7 Å². The summed E-state index contributed by atoms with van der Waals surface area (Å²) in [6, 6.07) is 6.68. The lowest BCUT2D eigenvalue weighted by Crippen LogP contribution is -2.46. The number of nitrogens with one attached hydrogen (secondary N) is 1. The fourth-order valence-corrected chi connectivity index (χ4v) is 1.87. The van der Waals surface area contributed by atoms with E-state index in [2.05, 4.69) is 5.32 Å². The van der Waals surface area contributed by atoms with Gasteiger partial charge in [0.15, 0.2) is 0 Å². The van der Waals surface area contributed by atoms with Crippen molar-refractivity contribution in [3.05, 3.63) is 29.8 Å². The van der Waals surface area contributed by atoms with Crippen molar-refractivity contribution in [2.24, 2.45) is 0 Å². The van der Waals surface area contributed by atoms with Crippen molar-refractivity contribution in [3.8, 4) is 0 Å². The molecule has 3 N–H and O–H groups in total. The molecule has 20 heavy (non-hydrogen) atoms. The van der Waals surface area contributed by atoms with Crippen molar-refractivity contribution in [2.75, 3.05) is 19.3 Å². The molecule has 2 unspecified atom stereocenters. The second kappa shape index (κ2) is 6.93. The standard InChI is InChI=1S/C15H23N3O2/c1-5-18(4)15(20)11(3)17-14(19)10(2)12-7-6-8-13(16)9-12/h6-11H,5,16H2,1-4H3,(H,17,19). The minimum atomic E-state index is -0.532. The number of hydrogen-bond acceptors (Lipinski definition) is 3. The molecule has 0 fully saturated rings. The first-order valence-corrected chi connectivity index (χ1v) is 6.77. The number of nitrogen functional groups attached to an aromatic ring is 1. The highest BCUT2D eigenvalue weighted by Gasteiger charge is 2.22. The summed E-state index contributed by atoms with van der Waals surface area (Å²) >= 11 is 0. The molecule has 1 rings (SSSR count). The van der Waals surface area contributed by atoms with Crippen LogP contribution < -0.4 is 11.1 Å². The quantitative estimate of drug-likeness (QED) is 0.798. The fraction of sp³-hybridized carbons (Fsp3) is 0.467. The molecule has 0 spiro atoms. The molecule has 0 radical (unpaired) electrons. The van der Waals surface area contributed by atoms with E-state index in [1.54, 1.807) is 37.9 Å². The number of carbonyl (C=O) groups is 2. The largest absolute Gasteiger partial charge is 0.399 e. The van der Waals surface area contributed by atoms with Crippen LogP contribution in [0.4, 0.5) is 5.69 Å². The summed E-state index contributed by atoms with van der Waals surface area (Å²) in [5.74, 6) is -0.623. The van der Waals surface area contributed by atoms with Gasteiger partial charge in [-0.3, -0.25) is 9.59 Å². The second-order valence-corrected chi connectivity index (χ2v) is 4.97. The van der Waals surface area contributed by atoms with Gasteiger partial charge in [-0.1, -0.05) is 12.1 Å². The lowest BCUT2D eigenvalue weighted by Gasteiger charge is -2.22. The van der Waals surface area contributed by atoms with Gasteiger partial charge in [0.25, 0.3) is 0 Å². The van der Waals surface area contributed by atoms with Gasteiger partial charge < -0.3 is 16.0 Å². The van der Waals surface area contributed by atoms with E-state index in [9.17, 15) is 9.59 Å². The Morgan fingerprint density at radius 1 is 1.35 bits per heavy atom. The zero-order valence-electron chi connectivity index (χ0n) is 12.5. The summed E-state index contributed by atoms with van der Waals surface area (Å²) in [7, 11) is 1.71. The number of anilines is 1. The Hall–Kier alpha value is -2.04. The van der Waals surface area contributed by atoms with E-state index in [1.165, 1.54) is 0 Å². The van der Waals surface area contributed by atoms with E-state index in [0.29, 0.717) is 12.2 Å². The number of amides is 2. The minimum absolute atomic E-state index is 0.0966.